The molecule has 2 rings (SSSR count). The highest BCUT2D eigenvalue weighted by Gasteiger charge is 2.21. The van der Waals surface area contributed by atoms with Crippen molar-refractivity contribution >= 4 is 5.84 Å². The van der Waals surface area contributed by atoms with Gasteiger partial charge in [-0.2, -0.15) is 0 Å². The summed E-state index contributed by atoms with van der Waals surface area (Å²) in [6.07, 6.45) is 7.83. The van der Waals surface area contributed by atoms with E-state index in [0.29, 0.717) is 0 Å². The van der Waals surface area contributed by atoms with Crippen molar-refractivity contribution in [2.75, 3.05) is 7.05 Å². The highest BCUT2D eigenvalue weighted by atomic mass is 15.7. The number of hydrogen-bond acceptors (Lipinski definition) is 3. The van der Waals surface area contributed by atoms with Gasteiger partial charge in [0.05, 0.1) is 0 Å². The van der Waals surface area contributed by atoms with Crippen molar-refractivity contribution < 1.29 is 0 Å². The molecule has 0 unspecified atom stereocenters. The van der Waals surface area contributed by atoms with E-state index in [1.807, 2.05) is 41.5 Å². The Kier molecular flexibility index (Phi) is 1.12. The summed E-state index contributed by atoms with van der Waals surface area (Å²) in [6, 6.07) is 0. The van der Waals surface area contributed by atoms with E-state index in [1.54, 1.807) is 0 Å². The number of nitrogens with zero attached hydrogens (tertiary/aromatic N) is 3. The molecular formula is C8H9N3. The first-order valence-corrected chi connectivity index (χ1v) is 3.44. The molecule has 0 N–H and O–H groups in total. The summed E-state index contributed by atoms with van der Waals surface area (Å²) in [5.41, 5.74) is 0. The Hall–Kier alpha value is -1.51. The molecule has 0 atom stereocenters. The van der Waals surface area contributed by atoms with Crippen LogP contribution in [0.5, 0.6) is 0 Å². The molecule has 2 aliphatic rings. The lowest BCUT2D eigenvalue weighted by Gasteiger charge is -2.24. The molecule has 0 aromatic heterocycles. The first-order valence-electron chi connectivity index (χ1n) is 3.44. The SMILES string of the molecule is C=C1N=C2C=CC=CN2N1C. The Morgan fingerprint density at radius 1 is 1.45 bits per heavy atom. The molecule has 3 nitrogen and oxygen atoms in total. The lowest BCUT2D eigenvalue weighted by atomic mass is 10.4. The van der Waals surface area contributed by atoms with Gasteiger partial charge in [-0.1, -0.05) is 12.7 Å². The predicted molar refractivity (Wildman–Crippen MR) is 44.5 cm³/mol. The highest BCUT2D eigenvalue weighted by Crippen LogP contribution is 2.18. The fourth-order valence-corrected chi connectivity index (χ4v) is 1.10. The van der Waals surface area contributed by atoms with Gasteiger partial charge in [0.15, 0.2) is 5.84 Å². The summed E-state index contributed by atoms with van der Waals surface area (Å²) in [4.78, 5) is 4.23. The lowest BCUT2D eigenvalue weighted by molar-refractivity contribution is 0.202. The molecule has 0 aliphatic carbocycles. The second-order valence-corrected chi connectivity index (χ2v) is 2.46. The first-order chi connectivity index (χ1) is 5.29. The number of hydrazine groups is 1. The smallest absolute Gasteiger partial charge is 0.153 e. The van der Waals surface area contributed by atoms with E-state index in [9.17, 15) is 0 Å². The second kappa shape index (κ2) is 1.99. The molecule has 0 aromatic carbocycles. The molecule has 0 saturated heterocycles. The zero-order valence-electron chi connectivity index (χ0n) is 6.36. The van der Waals surface area contributed by atoms with Crippen molar-refractivity contribution in [2.24, 2.45) is 4.99 Å². The third-order valence-electron chi connectivity index (χ3n) is 1.76. The summed E-state index contributed by atoms with van der Waals surface area (Å²) >= 11 is 0. The van der Waals surface area contributed by atoms with E-state index in [-0.39, 0.29) is 0 Å². The van der Waals surface area contributed by atoms with Crippen LogP contribution in [-0.2, 0) is 0 Å². The van der Waals surface area contributed by atoms with Crippen molar-refractivity contribution in [3.63, 3.8) is 0 Å². The van der Waals surface area contributed by atoms with Crippen LogP contribution in [0.4, 0.5) is 0 Å². The van der Waals surface area contributed by atoms with E-state index in [4.69, 9.17) is 0 Å². The maximum Gasteiger partial charge on any atom is 0.153 e. The fraction of sp³-hybridized carbons (Fsp3) is 0.125. The molecule has 0 fully saturated rings. The minimum absolute atomic E-state index is 0.774. The zero-order valence-corrected chi connectivity index (χ0v) is 6.36. The van der Waals surface area contributed by atoms with Gasteiger partial charge in [0.1, 0.15) is 5.82 Å². The van der Waals surface area contributed by atoms with Gasteiger partial charge in [0, 0.05) is 13.2 Å². The Labute approximate surface area is 65.6 Å². The van der Waals surface area contributed by atoms with E-state index in [1.165, 1.54) is 0 Å². The third-order valence-corrected chi connectivity index (χ3v) is 1.76. The topological polar surface area (TPSA) is 18.8 Å². The number of allylic oxidation sites excluding steroid dienone is 2. The standard InChI is InChI=1S/C8H9N3/c1-7-9-8-5-3-4-6-11(8)10(7)2/h3-6H,1H2,2H3. The van der Waals surface area contributed by atoms with E-state index in [0.717, 1.165) is 11.7 Å². The van der Waals surface area contributed by atoms with E-state index >= 15 is 0 Å². The van der Waals surface area contributed by atoms with Crippen LogP contribution in [0.3, 0.4) is 0 Å². The summed E-state index contributed by atoms with van der Waals surface area (Å²) in [6.45, 7) is 3.79. The van der Waals surface area contributed by atoms with Crippen LogP contribution in [0.1, 0.15) is 0 Å². The summed E-state index contributed by atoms with van der Waals surface area (Å²) < 4.78 is 0. The molecule has 0 aromatic rings. The Balaban J connectivity index is 2.40. The Bertz CT molecular complexity index is 286. The van der Waals surface area contributed by atoms with Gasteiger partial charge in [-0.05, 0) is 12.2 Å². The normalized spacial score (nSPS) is 20.8. The predicted octanol–water partition coefficient (Wildman–Crippen LogP) is 1.10. The van der Waals surface area contributed by atoms with Crippen LogP contribution in [0.15, 0.2) is 41.8 Å². The second-order valence-electron chi connectivity index (χ2n) is 2.46. The van der Waals surface area contributed by atoms with Crippen molar-refractivity contribution in [3.8, 4) is 0 Å². The van der Waals surface area contributed by atoms with Gasteiger partial charge >= 0.3 is 0 Å². The van der Waals surface area contributed by atoms with Crippen LogP contribution in [0.2, 0.25) is 0 Å². The molecule has 0 bridgehead atoms. The Morgan fingerprint density at radius 2 is 2.27 bits per heavy atom. The van der Waals surface area contributed by atoms with Crippen LogP contribution in [-0.4, -0.2) is 22.9 Å². The number of aliphatic imine (C=N–C) groups is 1. The number of amidine groups is 1. The first kappa shape index (κ1) is 6.22. The summed E-state index contributed by atoms with van der Waals surface area (Å²) in [5, 5.41) is 3.84. The van der Waals surface area contributed by atoms with E-state index in [2.05, 4.69) is 11.6 Å². The van der Waals surface area contributed by atoms with Crippen LogP contribution in [0.25, 0.3) is 0 Å². The van der Waals surface area contributed by atoms with Gasteiger partial charge in [-0.15, -0.1) is 0 Å². The van der Waals surface area contributed by atoms with Gasteiger partial charge in [0.2, 0.25) is 0 Å². The quantitative estimate of drug-likeness (QED) is 0.511. The van der Waals surface area contributed by atoms with Gasteiger partial charge in [-0.25, -0.2) is 10.0 Å². The fourth-order valence-electron chi connectivity index (χ4n) is 1.10. The maximum absolute atomic E-state index is 4.23. The van der Waals surface area contributed by atoms with Gasteiger partial charge in [-0.3, -0.25) is 5.01 Å². The molecule has 0 radical (unpaired) electrons. The summed E-state index contributed by atoms with van der Waals surface area (Å²) in [7, 11) is 1.93. The van der Waals surface area contributed by atoms with Crippen molar-refractivity contribution in [1.29, 1.82) is 0 Å². The highest BCUT2D eigenvalue weighted by molar-refractivity contribution is 5.96. The average Bonchev–Trinajstić information content (AvgIpc) is 2.30. The average molecular weight is 147 g/mol. The minimum Gasteiger partial charge on any atom is -0.266 e. The van der Waals surface area contributed by atoms with Crippen LogP contribution in [0, 0.1) is 0 Å². The molecular weight excluding hydrogens is 138 g/mol. The van der Waals surface area contributed by atoms with Crippen molar-refractivity contribution in [3.05, 3.63) is 36.8 Å². The number of hydrogen-bond donors (Lipinski definition) is 0. The minimum atomic E-state index is 0.774. The van der Waals surface area contributed by atoms with E-state index < -0.39 is 0 Å². The lowest BCUT2D eigenvalue weighted by Crippen LogP contribution is -2.33. The van der Waals surface area contributed by atoms with Crippen molar-refractivity contribution in [1.82, 2.24) is 10.0 Å². The third kappa shape index (κ3) is 0.774. The number of rotatable bonds is 0. The molecule has 0 amide bonds. The molecule has 0 spiro atoms. The molecule has 56 valence electrons. The zero-order chi connectivity index (χ0) is 7.84. The molecule has 2 aliphatic heterocycles. The molecule has 0 saturated carbocycles. The Morgan fingerprint density at radius 3 is 3.00 bits per heavy atom. The molecule has 3 heteroatoms. The molecule has 11 heavy (non-hydrogen) atoms. The summed E-state index contributed by atoms with van der Waals surface area (Å²) in [5.74, 6) is 1.70. The van der Waals surface area contributed by atoms with Crippen LogP contribution < -0.4 is 0 Å². The number of fused-ring (bicyclic) bond motifs is 1. The maximum atomic E-state index is 4.23. The largest absolute Gasteiger partial charge is 0.266 e. The monoisotopic (exact) mass is 147 g/mol. The molecule has 2 heterocycles. The van der Waals surface area contributed by atoms with Gasteiger partial charge in [0.25, 0.3) is 0 Å². The van der Waals surface area contributed by atoms with Crippen LogP contribution >= 0.6 is 0 Å². The van der Waals surface area contributed by atoms with Crippen molar-refractivity contribution in [2.45, 2.75) is 0 Å². The van der Waals surface area contributed by atoms with Gasteiger partial charge < -0.3 is 0 Å².